The number of ether oxygens (including phenoxy) is 2. The highest BCUT2D eigenvalue weighted by molar-refractivity contribution is 5.88. The molecule has 0 bridgehead atoms. The Morgan fingerprint density at radius 2 is 0.809 bits per heavy atom. The number of alkyl carbamates (subject to hydrolysis) is 2. The number of nitrogens with one attached hydrogen (secondary N) is 4. The molecule has 0 fully saturated rings. The van der Waals surface area contributed by atoms with Gasteiger partial charge in [-0.15, -0.1) is 0 Å². The number of amides is 4. The number of hydrogen-bond donors (Lipinski definition) is 5. The molecule has 11 nitrogen and oxygen atoms in total. The molecule has 0 heterocycles. The van der Waals surface area contributed by atoms with Crippen molar-refractivity contribution in [3.05, 3.63) is 144 Å². The number of aliphatic hydroxyl groups excluding tert-OH is 1. The van der Waals surface area contributed by atoms with Crippen LogP contribution in [0.25, 0.3) is 0 Å². The Kier molecular flexibility index (Phi) is 13.3. The van der Waals surface area contributed by atoms with E-state index in [0.717, 1.165) is 22.3 Å². The van der Waals surface area contributed by atoms with Crippen LogP contribution in [-0.4, -0.2) is 54.0 Å². The third-order valence-electron chi connectivity index (χ3n) is 7.02. The van der Waals surface area contributed by atoms with Gasteiger partial charge in [0.1, 0.15) is 31.5 Å². The van der Waals surface area contributed by atoms with Crippen molar-refractivity contribution in [1.29, 1.82) is 0 Å². The van der Waals surface area contributed by atoms with Crippen molar-refractivity contribution in [1.82, 2.24) is 21.3 Å². The molecule has 1 unspecified atom stereocenters. The van der Waals surface area contributed by atoms with Crippen LogP contribution in [0.15, 0.2) is 121 Å². The van der Waals surface area contributed by atoms with Gasteiger partial charge in [0.05, 0.1) is 6.61 Å². The zero-order valence-electron chi connectivity index (χ0n) is 25.7. The number of carbonyl (C=O) groups is 4. The van der Waals surface area contributed by atoms with Crippen LogP contribution >= 0.6 is 0 Å². The minimum Gasteiger partial charge on any atom is -0.445 e. The normalized spacial score (nSPS) is 12.4. The molecule has 4 rings (SSSR count). The second-order valence-electron chi connectivity index (χ2n) is 10.6. The standard InChI is InChI=1S/C36H38N4O7/c41-23-32(39-33(42)30(21-26-13-5-1-6-14-26)37-35(44)46-24-28-17-9-3-10-18-28)40-34(43)31(22-27-15-7-2-8-16-27)38-36(45)47-25-29-19-11-4-12-20-29/h1-20,30-32,41H,21-25H2,(H,37,44)(H,38,45)(H,39,42)(H,40,43)/t30-,31+,32?. The van der Waals surface area contributed by atoms with Gasteiger partial charge in [0.15, 0.2) is 0 Å². The van der Waals surface area contributed by atoms with Gasteiger partial charge < -0.3 is 35.8 Å². The lowest BCUT2D eigenvalue weighted by atomic mass is 10.0. The summed E-state index contributed by atoms with van der Waals surface area (Å²) in [4.78, 5) is 52.2. The van der Waals surface area contributed by atoms with Crippen molar-refractivity contribution in [2.75, 3.05) is 6.61 Å². The predicted molar refractivity (Wildman–Crippen MR) is 175 cm³/mol. The van der Waals surface area contributed by atoms with E-state index in [1.54, 1.807) is 72.8 Å². The predicted octanol–water partition coefficient (Wildman–Crippen LogP) is 3.61. The average molecular weight is 639 g/mol. The lowest BCUT2D eigenvalue weighted by molar-refractivity contribution is -0.127. The molecule has 0 spiro atoms. The first kappa shape index (κ1) is 34.2. The van der Waals surface area contributed by atoms with Crippen LogP contribution in [0.1, 0.15) is 22.3 Å². The van der Waals surface area contributed by atoms with E-state index in [-0.39, 0.29) is 26.1 Å². The molecule has 0 aromatic heterocycles. The molecule has 4 amide bonds. The van der Waals surface area contributed by atoms with E-state index < -0.39 is 48.9 Å². The lowest BCUT2D eigenvalue weighted by Gasteiger charge is -2.25. The van der Waals surface area contributed by atoms with E-state index in [1.807, 2.05) is 48.5 Å². The summed E-state index contributed by atoms with van der Waals surface area (Å²) < 4.78 is 10.6. The molecule has 0 saturated carbocycles. The highest BCUT2D eigenvalue weighted by Gasteiger charge is 2.28. The third kappa shape index (κ3) is 12.0. The van der Waals surface area contributed by atoms with Crippen molar-refractivity contribution < 1.29 is 33.8 Å². The maximum Gasteiger partial charge on any atom is 0.408 e. The summed E-state index contributed by atoms with van der Waals surface area (Å²) in [5, 5.41) is 20.4. The first-order valence-corrected chi connectivity index (χ1v) is 15.1. The van der Waals surface area contributed by atoms with Crippen molar-refractivity contribution in [2.45, 2.75) is 44.3 Å². The maximum atomic E-state index is 13.4. The zero-order valence-corrected chi connectivity index (χ0v) is 25.7. The molecule has 4 aromatic carbocycles. The maximum absolute atomic E-state index is 13.4. The molecule has 11 heteroatoms. The SMILES string of the molecule is O=C(N[C@@H](Cc1ccccc1)C(=O)NC(CO)NC(=O)[C@@H](Cc1ccccc1)NC(=O)OCc1ccccc1)OCc1ccccc1. The van der Waals surface area contributed by atoms with Crippen molar-refractivity contribution >= 4 is 24.0 Å². The van der Waals surface area contributed by atoms with Crippen LogP contribution in [0.3, 0.4) is 0 Å². The Morgan fingerprint density at radius 1 is 0.489 bits per heavy atom. The van der Waals surface area contributed by atoms with Crippen LogP contribution < -0.4 is 21.3 Å². The Bertz CT molecular complexity index is 1440. The summed E-state index contributed by atoms with van der Waals surface area (Å²) in [5.74, 6) is -1.33. The second-order valence-corrected chi connectivity index (χ2v) is 10.6. The van der Waals surface area contributed by atoms with Crippen LogP contribution in [0.4, 0.5) is 9.59 Å². The minimum absolute atomic E-state index is 0.00522. The lowest BCUT2D eigenvalue weighted by Crippen LogP contribution is -2.59. The molecule has 0 aliphatic carbocycles. The van der Waals surface area contributed by atoms with E-state index >= 15 is 0 Å². The summed E-state index contributed by atoms with van der Waals surface area (Å²) in [6.07, 6.45) is -2.63. The Balaban J connectivity index is 1.40. The summed E-state index contributed by atoms with van der Waals surface area (Å²) >= 11 is 0. The number of carbonyl (C=O) groups excluding carboxylic acids is 4. The summed E-state index contributed by atoms with van der Waals surface area (Å²) in [6, 6.07) is 34.1. The smallest absolute Gasteiger partial charge is 0.408 e. The number of hydrogen-bond acceptors (Lipinski definition) is 7. The van der Waals surface area contributed by atoms with Crippen LogP contribution in [0, 0.1) is 0 Å². The molecular formula is C36H38N4O7. The minimum atomic E-state index is -1.24. The van der Waals surface area contributed by atoms with Crippen LogP contribution in [-0.2, 0) is 45.1 Å². The fourth-order valence-electron chi connectivity index (χ4n) is 4.60. The molecule has 47 heavy (non-hydrogen) atoms. The van der Waals surface area contributed by atoms with Gasteiger partial charge in [-0.1, -0.05) is 121 Å². The molecule has 3 atom stereocenters. The van der Waals surface area contributed by atoms with E-state index in [1.165, 1.54) is 0 Å². The van der Waals surface area contributed by atoms with Gasteiger partial charge in [-0.25, -0.2) is 9.59 Å². The zero-order chi connectivity index (χ0) is 33.3. The van der Waals surface area contributed by atoms with Crippen LogP contribution in [0.5, 0.6) is 0 Å². The topological polar surface area (TPSA) is 155 Å². The molecule has 244 valence electrons. The van der Waals surface area contributed by atoms with Crippen LogP contribution in [0.2, 0.25) is 0 Å². The molecule has 0 radical (unpaired) electrons. The summed E-state index contributed by atoms with van der Waals surface area (Å²) in [7, 11) is 0. The van der Waals surface area contributed by atoms with Gasteiger partial charge in [-0.05, 0) is 22.3 Å². The van der Waals surface area contributed by atoms with Gasteiger partial charge in [0.2, 0.25) is 11.8 Å². The number of benzene rings is 4. The van der Waals surface area contributed by atoms with Gasteiger partial charge in [-0.2, -0.15) is 0 Å². The highest BCUT2D eigenvalue weighted by atomic mass is 16.6. The van der Waals surface area contributed by atoms with E-state index in [4.69, 9.17) is 9.47 Å². The fraction of sp³-hybridized carbons (Fsp3) is 0.222. The average Bonchev–Trinajstić information content (AvgIpc) is 3.10. The van der Waals surface area contributed by atoms with Gasteiger partial charge in [-0.3, -0.25) is 9.59 Å². The first-order chi connectivity index (χ1) is 22.9. The van der Waals surface area contributed by atoms with Crippen molar-refractivity contribution in [3.63, 3.8) is 0 Å². The summed E-state index contributed by atoms with van der Waals surface area (Å²) in [5.41, 5.74) is 3.08. The van der Waals surface area contributed by atoms with Gasteiger partial charge >= 0.3 is 12.2 Å². The van der Waals surface area contributed by atoms with Crippen molar-refractivity contribution in [2.24, 2.45) is 0 Å². The molecule has 0 saturated heterocycles. The molecule has 0 aliphatic rings. The largest absolute Gasteiger partial charge is 0.445 e. The molecular weight excluding hydrogens is 600 g/mol. The second kappa shape index (κ2) is 18.3. The Hall–Kier alpha value is -5.68. The Labute approximate surface area is 273 Å². The van der Waals surface area contributed by atoms with E-state index in [0.29, 0.717) is 0 Å². The first-order valence-electron chi connectivity index (χ1n) is 15.1. The molecule has 5 N–H and O–H groups in total. The van der Waals surface area contributed by atoms with Crippen molar-refractivity contribution in [3.8, 4) is 0 Å². The van der Waals surface area contributed by atoms with E-state index in [9.17, 15) is 24.3 Å². The van der Waals surface area contributed by atoms with E-state index in [2.05, 4.69) is 21.3 Å². The molecule has 0 aliphatic heterocycles. The van der Waals surface area contributed by atoms with Gasteiger partial charge in [0.25, 0.3) is 0 Å². The number of rotatable bonds is 15. The quantitative estimate of drug-likeness (QED) is 0.125. The number of aliphatic hydroxyl groups is 1. The third-order valence-corrected chi connectivity index (χ3v) is 7.02. The molecule has 4 aromatic rings. The Morgan fingerprint density at radius 3 is 1.13 bits per heavy atom. The van der Waals surface area contributed by atoms with Gasteiger partial charge in [0, 0.05) is 12.8 Å². The monoisotopic (exact) mass is 638 g/mol. The highest BCUT2D eigenvalue weighted by Crippen LogP contribution is 2.08. The summed E-state index contributed by atoms with van der Waals surface area (Å²) in [6.45, 7) is -0.652. The fourth-order valence-corrected chi connectivity index (χ4v) is 4.60.